The molecule has 0 aromatic carbocycles. The molecule has 3 heteroatoms. The number of methoxy groups -OCH3 is 1. The van der Waals surface area contributed by atoms with E-state index in [2.05, 4.69) is 17.5 Å². The predicted molar refractivity (Wildman–Crippen MR) is 66.7 cm³/mol. The molecule has 1 N–H and O–H groups in total. The van der Waals surface area contributed by atoms with Crippen LogP contribution >= 0.6 is 0 Å². The maximum Gasteiger partial charge on any atom is 0.0590 e. The molecule has 0 aliphatic heterocycles. The Morgan fingerprint density at radius 2 is 2.19 bits per heavy atom. The molecule has 0 heterocycles. The van der Waals surface area contributed by atoms with E-state index in [9.17, 15) is 0 Å². The lowest BCUT2D eigenvalue weighted by molar-refractivity contribution is 0.104. The van der Waals surface area contributed by atoms with Crippen LogP contribution in [0.15, 0.2) is 12.2 Å². The first-order valence-electron chi connectivity index (χ1n) is 6.36. The number of allylic oxidation sites excluding steroid dienone is 2. The number of rotatable bonds is 9. The van der Waals surface area contributed by atoms with Crippen molar-refractivity contribution in [3.8, 4) is 0 Å². The molecule has 1 unspecified atom stereocenters. The fourth-order valence-corrected chi connectivity index (χ4v) is 1.90. The average molecular weight is 227 g/mol. The van der Waals surface area contributed by atoms with Crippen LogP contribution in [-0.4, -0.2) is 40.0 Å². The van der Waals surface area contributed by atoms with Crippen LogP contribution in [0.3, 0.4) is 0 Å². The zero-order valence-electron chi connectivity index (χ0n) is 10.4. The van der Waals surface area contributed by atoms with E-state index in [1.54, 1.807) is 7.11 Å². The molecule has 0 fully saturated rings. The van der Waals surface area contributed by atoms with E-state index in [1.165, 1.54) is 19.3 Å². The highest BCUT2D eigenvalue weighted by Crippen LogP contribution is 2.16. The van der Waals surface area contributed by atoms with Crippen LogP contribution in [0.4, 0.5) is 0 Å². The van der Waals surface area contributed by atoms with E-state index in [-0.39, 0.29) is 0 Å². The van der Waals surface area contributed by atoms with Gasteiger partial charge in [-0.05, 0) is 38.1 Å². The average Bonchev–Trinajstić information content (AvgIpc) is 2.34. The van der Waals surface area contributed by atoms with Gasteiger partial charge in [-0.1, -0.05) is 12.2 Å². The first kappa shape index (κ1) is 13.7. The molecule has 0 bridgehead atoms. The van der Waals surface area contributed by atoms with Gasteiger partial charge in [0.05, 0.1) is 6.61 Å². The Labute approximate surface area is 99.2 Å². The van der Waals surface area contributed by atoms with Crippen molar-refractivity contribution in [2.24, 2.45) is 5.92 Å². The van der Waals surface area contributed by atoms with Crippen LogP contribution in [0.1, 0.15) is 25.7 Å². The fourth-order valence-electron chi connectivity index (χ4n) is 1.90. The second-order valence-corrected chi connectivity index (χ2v) is 4.31. The van der Waals surface area contributed by atoms with Gasteiger partial charge in [-0.3, -0.25) is 0 Å². The third-order valence-electron chi connectivity index (χ3n) is 2.87. The molecule has 1 aliphatic rings. The van der Waals surface area contributed by atoms with Gasteiger partial charge in [0.1, 0.15) is 0 Å². The van der Waals surface area contributed by atoms with Gasteiger partial charge in [0, 0.05) is 26.9 Å². The van der Waals surface area contributed by atoms with Gasteiger partial charge in [-0.2, -0.15) is 0 Å². The quantitative estimate of drug-likeness (QED) is 0.482. The summed E-state index contributed by atoms with van der Waals surface area (Å²) in [6.07, 6.45) is 9.40. The van der Waals surface area contributed by atoms with Crippen molar-refractivity contribution < 1.29 is 9.47 Å². The Balaban J connectivity index is 1.79. The van der Waals surface area contributed by atoms with Crippen LogP contribution in [0, 0.1) is 5.92 Å². The predicted octanol–water partition coefficient (Wildman–Crippen LogP) is 1.99. The Morgan fingerprint density at radius 3 is 2.94 bits per heavy atom. The maximum atomic E-state index is 5.47. The summed E-state index contributed by atoms with van der Waals surface area (Å²) < 4.78 is 10.4. The molecule has 1 aliphatic carbocycles. The molecule has 1 atom stereocenters. The molecule has 16 heavy (non-hydrogen) atoms. The molecule has 1 rings (SSSR count). The smallest absolute Gasteiger partial charge is 0.0590 e. The Morgan fingerprint density at radius 1 is 1.25 bits per heavy atom. The Bertz CT molecular complexity index is 183. The lowest BCUT2D eigenvalue weighted by atomic mass is 9.94. The number of hydrogen-bond acceptors (Lipinski definition) is 3. The second-order valence-electron chi connectivity index (χ2n) is 4.31. The number of nitrogens with one attached hydrogen (secondary N) is 1. The van der Waals surface area contributed by atoms with Crippen molar-refractivity contribution in [3.05, 3.63) is 12.2 Å². The second kappa shape index (κ2) is 9.82. The van der Waals surface area contributed by atoms with Crippen molar-refractivity contribution >= 4 is 0 Å². The molecular formula is C13H25NO2. The molecule has 0 radical (unpaired) electrons. The zero-order valence-corrected chi connectivity index (χ0v) is 10.4. The van der Waals surface area contributed by atoms with Gasteiger partial charge in [0.15, 0.2) is 0 Å². The lowest BCUT2D eigenvalue weighted by Crippen LogP contribution is -2.27. The number of hydrogen-bond donors (Lipinski definition) is 1. The normalized spacial score (nSPS) is 20.2. The van der Waals surface area contributed by atoms with Gasteiger partial charge in [-0.15, -0.1) is 0 Å². The summed E-state index contributed by atoms with van der Waals surface area (Å²) in [4.78, 5) is 0. The van der Waals surface area contributed by atoms with Crippen molar-refractivity contribution in [2.75, 3.05) is 40.0 Å². The summed E-state index contributed by atoms with van der Waals surface area (Å²) >= 11 is 0. The summed E-state index contributed by atoms with van der Waals surface area (Å²) in [5, 5.41) is 3.46. The van der Waals surface area contributed by atoms with E-state index in [0.717, 1.165) is 45.2 Å². The van der Waals surface area contributed by atoms with E-state index >= 15 is 0 Å². The van der Waals surface area contributed by atoms with Crippen molar-refractivity contribution in [2.45, 2.75) is 25.7 Å². The van der Waals surface area contributed by atoms with Gasteiger partial charge >= 0.3 is 0 Å². The topological polar surface area (TPSA) is 30.5 Å². The third kappa shape index (κ3) is 6.99. The maximum absolute atomic E-state index is 5.47. The Hall–Kier alpha value is -0.380. The van der Waals surface area contributed by atoms with Gasteiger partial charge in [-0.25, -0.2) is 0 Å². The van der Waals surface area contributed by atoms with Crippen LogP contribution in [-0.2, 0) is 9.47 Å². The van der Waals surface area contributed by atoms with E-state index in [0.29, 0.717) is 0 Å². The molecule has 0 spiro atoms. The molecule has 0 aromatic heterocycles. The molecule has 94 valence electrons. The minimum absolute atomic E-state index is 0.793. The highest BCUT2D eigenvalue weighted by Gasteiger charge is 2.08. The zero-order chi connectivity index (χ0) is 11.5. The standard InChI is InChI=1S/C13H25NO2/c1-15-9-5-10-16-11-8-14-12-13-6-3-2-4-7-13/h2-3,13-14H,4-12H2,1H3. The fraction of sp³-hybridized carbons (Fsp3) is 0.846. The highest BCUT2D eigenvalue weighted by molar-refractivity contribution is 4.90. The summed E-state index contributed by atoms with van der Waals surface area (Å²) in [6, 6.07) is 0. The van der Waals surface area contributed by atoms with Gasteiger partial charge < -0.3 is 14.8 Å². The minimum Gasteiger partial charge on any atom is -0.385 e. The van der Waals surface area contributed by atoms with Gasteiger partial charge in [0.25, 0.3) is 0 Å². The van der Waals surface area contributed by atoms with E-state index < -0.39 is 0 Å². The molecule has 3 nitrogen and oxygen atoms in total. The van der Waals surface area contributed by atoms with E-state index in [4.69, 9.17) is 9.47 Å². The molecule has 0 amide bonds. The molecule has 0 saturated carbocycles. The molecule has 0 saturated heterocycles. The van der Waals surface area contributed by atoms with Crippen molar-refractivity contribution in [1.29, 1.82) is 0 Å². The van der Waals surface area contributed by atoms with Crippen LogP contribution < -0.4 is 5.32 Å². The third-order valence-corrected chi connectivity index (χ3v) is 2.87. The molecule has 0 aromatic rings. The first-order chi connectivity index (χ1) is 7.93. The number of ether oxygens (including phenoxy) is 2. The first-order valence-corrected chi connectivity index (χ1v) is 6.36. The summed E-state index contributed by atoms with van der Waals surface area (Å²) in [6.45, 7) is 4.51. The minimum atomic E-state index is 0.793. The van der Waals surface area contributed by atoms with Crippen molar-refractivity contribution in [1.82, 2.24) is 5.32 Å². The Kier molecular flexibility index (Phi) is 8.40. The van der Waals surface area contributed by atoms with Crippen LogP contribution in [0.5, 0.6) is 0 Å². The summed E-state index contributed by atoms with van der Waals surface area (Å²) in [5.41, 5.74) is 0. The largest absolute Gasteiger partial charge is 0.385 e. The SMILES string of the molecule is COCCCOCCNCC1CC=CCC1. The summed E-state index contributed by atoms with van der Waals surface area (Å²) in [7, 11) is 1.72. The van der Waals surface area contributed by atoms with Crippen LogP contribution in [0.2, 0.25) is 0 Å². The van der Waals surface area contributed by atoms with E-state index in [1.807, 2.05) is 0 Å². The van der Waals surface area contributed by atoms with Crippen LogP contribution in [0.25, 0.3) is 0 Å². The highest BCUT2D eigenvalue weighted by atomic mass is 16.5. The van der Waals surface area contributed by atoms with Gasteiger partial charge in [0.2, 0.25) is 0 Å². The molecular weight excluding hydrogens is 202 g/mol. The lowest BCUT2D eigenvalue weighted by Gasteiger charge is -2.18. The van der Waals surface area contributed by atoms with Crippen molar-refractivity contribution in [3.63, 3.8) is 0 Å². The summed E-state index contributed by atoms with van der Waals surface area (Å²) in [5.74, 6) is 0.832. The monoisotopic (exact) mass is 227 g/mol.